The van der Waals surface area contributed by atoms with Gasteiger partial charge < -0.3 is 76.0 Å². The van der Waals surface area contributed by atoms with Crippen molar-refractivity contribution in [3.8, 4) is 0 Å². The number of Topliss-reactive ketones (excluding diaryl/α,β-unsaturated/α-hetero) is 2. The second-order valence-corrected chi connectivity index (χ2v) is 21.7. The molecule has 10 N–H and O–H groups in total. The molecule has 1 fully saturated rings. The summed E-state index contributed by atoms with van der Waals surface area (Å²) in [6, 6.07) is -4.05. The lowest BCUT2D eigenvalue weighted by molar-refractivity contribution is -0.149. The lowest BCUT2D eigenvalue weighted by atomic mass is 9.94. The maximum Gasteiger partial charge on any atom is 0.326 e. The molecule has 0 aromatic rings. The van der Waals surface area contributed by atoms with Gasteiger partial charge in [-0.05, 0) is 77.7 Å². The third-order valence-electron chi connectivity index (χ3n) is 14.5. The summed E-state index contributed by atoms with van der Waals surface area (Å²) < 4.78 is 21.4. The summed E-state index contributed by atoms with van der Waals surface area (Å²) in [4.78, 5) is 146. The molecule has 1 rings (SSSR count). The van der Waals surface area contributed by atoms with E-state index in [-0.39, 0.29) is 141 Å². The Kier molecular flexibility index (Phi) is 45.2. The quantitative estimate of drug-likeness (QED) is 0.0386. The molecule has 1 heterocycles. The number of hydrogen-bond acceptors (Lipinski definition) is 17. The molecule has 27 nitrogen and oxygen atoms in total. The van der Waals surface area contributed by atoms with Gasteiger partial charge in [-0.3, -0.25) is 43.2 Å². The van der Waals surface area contributed by atoms with Crippen LogP contribution in [-0.2, 0) is 76.5 Å². The first-order valence-electron chi connectivity index (χ1n) is 30.8. The highest BCUT2D eigenvalue weighted by Gasteiger charge is 2.36. The number of likely N-dealkylation sites (tertiary alicyclic amines) is 1. The van der Waals surface area contributed by atoms with Crippen LogP contribution < -0.4 is 26.6 Å². The molecule has 0 saturated carbocycles. The lowest BCUT2D eigenvalue weighted by Gasteiger charge is -2.26. The molecule has 1 aliphatic rings. The van der Waals surface area contributed by atoms with Crippen molar-refractivity contribution < 1.29 is 102 Å². The van der Waals surface area contributed by atoms with Crippen molar-refractivity contribution in [1.29, 1.82) is 0 Å². The summed E-state index contributed by atoms with van der Waals surface area (Å²) in [5.41, 5.74) is 0. The minimum Gasteiger partial charge on any atom is -0.481 e. The fraction of sp³-hybridized carbons (Fsp3) is 0.797. The van der Waals surface area contributed by atoms with E-state index in [1.54, 1.807) is 7.05 Å². The molecule has 0 aromatic heterocycles. The molecule has 5 atom stereocenters. The number of unbranched alkanes of at least 4 members (excludes halogenated alkanes) is 14. The molecule has 0 bridgehead atoms. The number of hydrogen-bond donors (Lipinski definition) is 10. The van der Waals surface area contributed by atoms with Crippen molar-refractivity contribution in [3.05, 3.63) is 0 Å². The van der Waals surface area contributed by atoms with E-state index in [0.717, 1.165) is 51.4 Å². The second-order valence-electron chi connectivity index (χ2n) is 21.7. The van der Waals surface area contributed by atoms with Crippen molar-refractivity contribution in [2.45, 2.75) is 217 Å². The van der Waals surface area contributed by atoms with Crippen LogP contribution in [0, 0.1) is 5.92 Å². The summed E-state index contributed by atoms with van der Waals surface area (Å²) in [5.74, 6) is -9.86. The highest BCUT2D eigenvalue weighted by atomic mass is 16.5. The van der Waals surface area contributed by atoms with Gasteiger partial charge in [-0.2, -0.15) is 0 Å². The van der Waals surface area contributed by atoms with E-state index in [0.29, 0.717) is 51.5 Å². The molecule has 86 heavy (non-hydrogen) atoms. The molecular formula is C59H100N6O21. The average molecular weight is 1230 g/mol. The van der Waals surface area contributed by atoms with Crippen LogP contribution in [0.2, 0.25) is 0 Å². The number of nitrogens with zero attached hydrogens (tertiary/aromatic N) is 1. The summed E-state index contributed by atoms with van der Waals surface area (Å²) in [6.45, 7) is 0.849. The summed E-state index contributed by atoms with van der Waals surface area (Å²) in [5, 5.41) is 60.0. The van der Waals surface area contributed by atoms with Crippen LogP contribution in [0.1, 0.15) is 193 Å². The Morgan fingerprint density at radius 1 is 0.442 bits per heavy atom. The molecule has 0 radical (unpaired) electrons. The Hall–Kier alpha value is -6.16. The van der Waals surface area contributed by atoms with Crippen LogP contribution in [-0.4, -0.2) is 205 Å². The van der Waals surface area contributed by atoms with Crippen molar-refractivity contribution in [1.82, 2.24) is 31.5 Å². The second kappa shape index (κ2) is 49.9. The number of carbonyl (C=O) groups excluding carboxylic acids is 7. The van der Waals surface area contributed by atoms with Gasteiger partial charge in [0.1, 0.15) is 37.1 Å². The predicted molar refractivity (Wildman–Crippen MR) is 312 cm³/mol. The molecule has 0 aliphatic carbocycles. The summed E-state index contributed by atoms with van der Waals surface area (Å²) in [7, 11) is 1.62. The van der Waals surface area contributed by atoms with Crippen molar-refractivity contribution in [2.75, 3.05) is 79.5 Å². The minimum absolute atomic E-state index is 0.0207. The number of ether oxygens (including phenoxy) is 4. The maximum absolute atomic E-state index is 12.9. The number of aliphatic carboxylic acids is 5. The van der Waals surface area contributed by atoms with Gasteiger partial charge in [0, 0.05) is 71.2 Å². The third-order valence-corrected chi connectivity index (χ3v) is 14.5. The Bertz CT molecular complexity index is 2050. The van der Waals surface area contributed by atoms with Gasteiger partial charge in [0.05, 0.1) is 45.0 Å². The van der Waals surface area contributed by atoms with Gasteiger partial charge in [0.15, 0.2) is 5.78 Å². The monoisotopic (exact) mass is 1230 g/mol. The predicted octanol–water partition coefficient (Wildman–Crippen LogP) is 3.93. The molecule has 5 amide bonds. The number of amides is 5. The Morgan fingerprint density at radius 3 is 1.51 bits per heavy atom. The standard InChI is InChI=1S/C59H100N6O21/c1-60-46(55(74)65-33-18-22-49(65)59(81)82)21-16-17-31-61-50(68)29-25-43(56(75)76)40-44(66)26-27-47(57(77)78)64-53(71)42-86-39-36-83-34-19-20-45(67)41-85-38-37-84-35-32-62-51(69)30-28-48(58(79)80)63-52(70)23-14-12-10-8-6-4-2-3-5-7-9-11-13-15-24-54(72)73/h43,46-49,60H,2-42H2,1H3,(H,61,68)(H,62,69)(H,63,70)(H,64,71)(H,72,73)(H,75,76)(H,77,78)(H,79,80)(H,81,82)/t43-,46+,47+,48+,49+/m1/s1. The Labute approximate surface area is 505 Å². The van der Waals surface area contributed by atoms with E-state index in [2.05, 4.69) is 26.6 Å². The van der Waals surface area contributed by atoms with Gasteiger partial charge in [0.25, 0.3) is 0 Å². The van der Waals surface area contributed by atoms with E-state index in [1.165, 1.54) is 37.0 Å². The molecule has 492 valence electrons. The van der Waals surface area contributed by atoms with E-state index >= 15 is 0 Å². The number of carboxylic acids is 5. The summed E-state index contributed by atoms with van der Waals surface area (Å²) >= 11 is 0. The van der Waals surface area contributed by atoms with Crippen molar-refractivity contribution in [3.63, 3.8) is 0 Å². The molecule has 1 aliphatic heterocycles. The van der Waals surface area contributed by atoms with Crippen LogP contribution in [0.3, 0.4) is 0 Å². The molecular weight excluding hydrogens is 1130 g/mol. The lowest BCUT2D eigenvalue weighted by Crippen LogP contribution is -2.49. The van der Waals surface area contributed by atoms with Gasteiger partial charge in [-0.25, -0.2) is 14.4 Å². The first-order valence-corrected chi connectivity index (χ1v) is 30.8. The molecule has 1 saturated heterocycles. The Balaban J connectivity index is 2.08. The number of rotatable bonds is 58. The zero-order valence-corrected chi connectivity index (χ0v) is 50.6. The first-order chi connectivity index (χ1) is 41.2. The van der Waals surface area contributed by atoms with Crippen LogP contribution >= 0.6 is 0 Å². The number of carbonyl (C=O) groups is 12. The van der Waals surface area contributed by atoms with Gasteiger partial charge in [-0.1, -0.05) is 77.0 Å². The van der Waals surface area contributed by atoms with Gasteiger partial charge >= 0.3 is 29.8 Å². The number of nitrogens with one attached hydrogen (secondary N) is 5. The minimum atomic E-state index is -1.46. The smallest absolute Gasteiger partial charge is 0.326 e. The fourth-order valence-corrected chi connectivity index (χ4v) is 9.53. The van der Waals surface area contributed by atoms with E-state index < -0.39 is 90.6 Å². The van der Waals surface area contributed by atoms with Gasteiger partial charge in [-0.15, -0.1) is 0 Å². The third kappa shape index (κ3) is 41.0. The molecule has 0 unspecified atom stereocenters. The number of ketones is 2. The van der Waals surface area contributed by atoms with E-state index in [4.69, 9.17) is 24.1 Å². The highest BCUT2D eigenvalue weighted by molar-refractivity contribution is 5.88. The van der Waals surface area contributed by atoms with Crippen molar-refractivity contribution in [2.24, 2.45) is 5.92 Å². The maximum atomic E-state index is 12.9. The summed E-state index contributed by atoms with van der Waals surface area (Å²) in [6.07, 6.45) is 16.7. The van der Waals surface area contributed by atoms with Gasteiger partial charge in [0.2, 0.25) is 29.5 Å². The van der Waals surface area contributed by atoms with Crippen LogP contribution in [0.25, 0.3) is 0 Å². The zero-order chi connectivity index (χ0) is 63.7. The van der Waals surface area contributed by atoms with Crippen LogP contribution in [0.5, 0.6) is 0 Å². The molecule has 0 spiro atoms. The largest absolute Gasteiger partial charge is 0.481 e. The zero-order valence-electron chi connectivity index (χ0n) is 50.6. The molecule has 27 heteroatoms. The van der Waals surface area contributed by atoms with E-state index in [9.17, 15) is 78.0 Å². The average Bonchev–Trinajstić information content (AvgIpc) is 3.61. The van der Waals surface area contributed by atoms with E-state index in [1.807, 2.05) is 0 Å². The SMILES string of the molecule is CN[C@@H](CCCCNC(=O)CC[C@H](CC(=O)CC[C@H](NC(=O)COCCOCCCC(=O)COCCOCCNC(=O)CC[C@H](NC(=O)CCCCCCCCCCCCCCCCC(=O)O)C(=O)O)C(=O)O)C(=O)O)C(=O)N1CCC[C@H]1C(=O)O. The topological polar surface area (TPSA) is 406 Å². The van der Waals surface area contributed by atoms with Crippen molar-refractivity contribution >= 4 is 70.9 Å². The van der Waals surface area contributed by atoms with Crippen LogP contribution in [0.4, 0.5) is 0 Å². The number of carboxylic acid groups (broad SMARTS) is 5. The Morgan fingerprint density at radius 2 is 0.953 bits per heavy atom. The number of likely N-dealkylation sites (N-methyl/N-ethyl adjacent to an activating group) is 1. The normalized spacial score (nSPS) is 14.3. The fourth-order valence-electron chi connectivity index (χ4n) is 9.53. The molecule has 0 aromatic carbocycles. The highest BCUT2D eigenvalue weighted by Crippen LogP contribution is 2.21. The first kappa shape index (κ1) is 77.9. The van der Waals surface area contributed by atoms with Crippen LogP contribution in [0.15, 0.2) is 0 Å².